The first kappa shape index (κ1) is 12.3. The van der Waals surface area contributed by atoms with Crippen molar-refractivity contribution in [2.75, 3.05) is 24.5 Å². The number of rotatable bonds is 4. The van der Waals surface area contributed by atoms with Crippen molar-refractivity contribution < 1.29 is 0 Å². The Kier molecular flexibility index (Phi) is 4.28. The maximum atomic E-state index is 5.89. The molecule has 5 nitrogen and oxygen atoms in total. The Morgan fingerprint density at radius 2 is 1.94 bits per heavy atom. The Bertz CT molecular complexity index is 321. The third kappa shape index (κ3) is 3.38. The lowest BCUT2D eigenvalue weighted by Crippen LogP contribution is -2.38. The summed E-state index contributed by atoms with van der Waals surface area (Å²) in [5, 5.41) is 0. The van der Waals surface area contributed by atoms with E-state index in [9.17, 15) is 0 Å². The third-order valence-electron chi connectivity index (χ3n) is 3.39. The molecule has 1 aliphatic heterocycles. The Balaban J connectivity index is 1.82. The minimum absolute atomic E-state index is 0.152. The second-order valence-electron chi connectivity index (χ2n) is 4.71. The van der Waals surface area contributed by atoms with Crippen molar-refractivity contribution in [3.05, 3.63) is 18.5 Å². The molecular weight excluding hydrogens is 214 g/mol. The Morgan fingerprint density at radius 1 is 1.29 bits per heavy atom. The van der Waals surface area contributed by atoms with Crippen LogP contribution in [0.25, 0.3) is 0 Å². The lowest BCUT2D eigenvalue weighted by Gasteiger charge is -2.32. The van der Waals surface area contributed by atoms with E-state index in [0.29, 0.717) is 12.5 Å². The van der Waals surface area contributed by atoms with E-state index in [2.05, 4.69) is 14.9 Å². The molecule has 0 saturated carbocycles. The lowest BCUT2D eigenvalue weighted by molar-refractivity contribution is 0.353. The fourth-order valence-electron chi connectivity index (χ4n) is 2.35. The zero-order chi connectivity index (χ0) is 12.1. The number of anilines is 1. The molecule has 0 radical (unpaired) electrons. The second kappa shape index (κ2) is 5.93. The molecule has 1 saturated heterocycles. The van der Waals surface area contributed by atoms with E-state index < -0.39 is 0 Å². The highest BCUT2D eigenvalue weighted by Gasteiger charge is 2.21. The van der Waals surface area contributed by atoms with Crippen LogP contribution in [-0.2, 0) is 0 Å². The van der Waals surface area contributed by atoms with E-state index in [-0.39, 0.29) is 6.04 Å². The molecule has 1 aromatic heterocycles. The van der Waals surface area contributed by atoms with E-state index in [1.807, 2.05) is 6.07 Å². The second-order valence-corrected chi connectivity index (χ2v) is 4.71. The van der Waals surface area contributed by atoms with Crippen molar-refractivity contribution in [2.24, 2.45) is 17.4 Å². The molecule has 0 aromatic carbocycles. The monoisotopic (exact) mass is 235 g/mol. The molecule has 2 rings (SSSR count). The van der Waals surface area contributed by atoms with E-state index >= 15 is 0 Å². The zero-order valence-corrected chi connectivity index (χ0v) is 10.1. The van der Waals surface area contributed by atoms with E-state index in [1.54, 1.807) is 12.4 Å². The summed E-state index contributed by atoms with van der Waals surface area (Å²) in [6, 6.07) is 2.00. The molecule has 0 bridgehead atoms. The first-order valence-electron chi connectivity index (χ1n) is 6.27. The molecule has 1 aromatic rings. The molecule has 1 atom stereocenters. The van der Waals surface area contributed by atoms with Crippen LogP contribution in [0.5, 0.6) is 0 Å². The smallest absolute Gasteiger partial charge is 0.225 e. The summed E-state index contributed by atoms with van der Waals surface area (Å²) < 4.78 is 0. The number of nitrogens with zero attached hydrogens (tertiary/aromatic N) is 3. The molecule has 94 valence electrons. The largest absolute Gasteiger partial charge is 0.341 e. The molecule has 4 N–H and O–H groups in total. The van der Waals surface area contributed by atoms with Gasteiger partial charge in [0.1, 0.15) is 0 Å². The summed E-state index contributed by atoms with van der Waals surface area (Å²) in [6.45, 7) is 2.62. The Labute approximate surface area is 102 Å². The minimum Gasteiger partial charge on any atom is -0.341 e. The van der Waals surface area contributed by atoms with Crippen molar-refractivity contribution in [1.82, 2.24) is 9.97 Å². The quantitative estimate of drug-likeness (QED) is 0.788. The van der Waals surface area contributed by atoms with Gasteiger partial charge in [-0.05, 0) is 31.2 Å². The fraction of sp³-hybridized carbons (Fsp3) is 0.667. The average molecular weight is 235 g/mol. The molecule has 1 aliphatic rings. The van der Waals surface area contributed by atoms with Crippen LogP contribution in [0.2, 0.25) is 0 Å². The van der Waals surface area contributed by atoms with E-state index in [0.717, 1.165) is 38.3 Å². The van der Waals surface area contributed by atoms with Gasteiger partial charge in [-0.15, -0.1) is 0 Å². The van der Waals surface area contributed by atoms with Crippen molar-refractivity contribution >= 4 is 5.95 Å². The summed E-state index contributed by atoms with van der Waals surface area (Å²) in [7, 11) is 0. The van der Waals surface area contributed by atoms with Crippen LogP contribution < -0.4 is 16.4 Å². The number of hydrogen-bond acceptors (Lipinski definition) is 5. The van der Waals surface area contributed by atoms with Crippen molar-refractivity contribution in [3.63, 3.8) is 0 Å². The van der Waals surface area contributed by atoms with Gasteiger partial charge in [0.15, 0.2) is 0 Å². The average Bonchev–Trinajstić information content (AvgIpc) is 2.40. The van der Waals surface area contributed by atoms with E-state index in [4.69, 9.17) is 11.5 Å². The SMILES string of the molecule is NCC(N)CC1CCN(c2ncccn2)CC1. The molecule has 0 aliphatic carbocycles. The van der Waals surface area contributed by atoms with Gasteiger partial charge in [-0.3, -0.25) is 0 Å². The fourth-order valence-corrected chi connectivity index (χ4v) is 2.35. The first-order chi connectivity index (χ1) is 8.29. The van der Waals surface area contributed by atoms with Gasteiger partial charge in [0.25, 0.3) is 0 Å². The van der Waals surface area contributed by atoms with Crippen LogP contribution in [0, 0.1) is 5.92 Å². The van der Waals surface area contributed by atoms with E-state index in [1.165, 1.54) is 0 Å². The zero-order valence-electron chi connectivity index (χ0n) is 10.1. The topological polar surface area (TPSA) is 81.1 Å². The predicted molar refractivity (Wildman–Crippen MR) is 68.6 cm³/mol. The molecule has 1 fully saturated rings. The van der Waals surface area contributed by atoms with Crippen LogP contribution in [0.4, 0.5) is 5.95 Å². The molecule has 0 amide bonds. The summed E-state index contributed by atoms with van der Waals surface area (Å²) >= 11 is 0. The number of hydrogen-bond donors (Lipinski definition) is 2. The highest BCUT2D eigenvalue weighted by Crippen LogP contribution is 2.23. The third-order valence-corrected chi connectivity index (χ3v) is 3.39. The summed E-state index contributed by atoms with van der Waals surface area (Å²) in [4.78, 5) is 10.8. The number of piperidine rings is 1. The normalized spacial score (nSPS) is 19.3. The summed E-state index contributed by atoms with van der Waals surface area (Å²) in [5.74, 6) is 1.54. The molecule has 5 heteroatoms. The number of nitrogens with two attached hydrogens (primary N) is 2. The molecular formula is C12H21N5. The Morgan fingerprint density at radius 3 is 2.53 bits per heavy atom. The molecule has 1 unspecified atom stereocenters. The van der Waals surface area contributed by atoms with Gasteiger partial charge in [-0.2, -0.15) is 0 Å². The highest BCUT2D eigenvalue weighted by atomic mass is 15.2. The van der Waals surface area contributed by atoms with Crippen molar-refractivity contribution in [2.45, 2.75) is 25.3 Å². The van der Waals surface area contributed by atoms with Crippen LogP contribution in [0.3, 0.4) is 0 Å². The van der Waals surface area contributed by atoms with Gasteiger partial charge >= 0.3 is 0 Å². The van der Waals surface area contributed by atoms with Crippen LogP contribution in [0.1, 0.15) is 19.3 Å². The summed E-state index contributed by atoms with van der Waals surface area (Å²) in [6.07, 6.45) is 6.94. The van der Waals surface area contributed by atoms with Gasteiger partial charge in [-0.1, -0.05) is 0 Å². The predicted octanol–water partition coefficient (Wildman–Crippen LogP) is 0.369. The van der Waals surface area contributed by atoms with Crippen LogP contribution in [0.15, 0.2) is 18.5 Å². The number of aromatic nitrogens is 2. The Hall–Kier alpha value is -1.20. The maximum Gasteiger partial charge on any atom is 0.225 e. The highest BCUT2D eigenvalue weighted by molar-refractivity contribution is 5.28. The van der Waals surface area contributed by atoms with Crippen molar-refractivity contribution in [1.29, 1.82) is 0 Å². The van der Waals surface area contributed by atoms with Crippen LogP contribution in [-0.4, -0.2) is 35.6 Å². The lowest BCUT2D eigenvalue weighted by atomic mass is 9.90. The van der Waals surface area contributed by atoms with Gasteiger partial charge < -0.3 is 16.4 Å². The molecule has 0 spiro atoms. The molecule has 17 heavy (non-hydrogen) atoms. The standard InChI is InChI=1S/C12H21N5/c13-9-11(14)8-10-2-6-17(7-3-10)12-15-4-1-5-16-12/h1,4-5,10-11H,2-3,6-9,13-14H2. The van der Waals surface area contributed by atoms with Crippen molar-refractivity contribution in [3.8, 4) is 0 Å². The van der Waals surface area contributed by atoms with Gasteiger partial charge in [0.2, 0.25) is 5.95 Å². The summed E-state index contributed by atoms with van der Waals surface area (Å²) in [5.41, 5.74) is 11.4. The first-order valence-corrected chi connectivity index (χ1v) is 6.27. The van der Waals surface area contributed by atoms with Crippen LogP contribution >= 0.6 is 0 Å². The maximum absolute atomic E-state index is 5.89. The minimum atomic E-state index is 0.152. The van der Waals surface area contributed by atoms with Gasteiger partial charge in [0.05, 0.1) is 0 Å². The molecule has 2 heterocycles. The van der Waals surface area contributed by atoms with Gasteiger partial charge in [-0.25, -0.2) is 9.97 Å². The van der Waals surface area contributed by atoms with Gasteiger partial charge in [0, 0.05) is 38.1 Å².